The first-order valence-corrected chi connectivity index (χ1v) is 4.78. The highest BCUT2D eigenvalue weighted by molar-refractivity contribution is 9.15. The molecule has 0 unspecified atom stereocenters. The first kappa shape index (κ1) is 7.81. The number of hydrogen-bond acceptors (Lipinski definition) is 0. The Kier molecular flexibility index (Phi) is 2.13. The number of fused-ring (bicyclic) bond motifs is 1. The van der Waals surface area contributed by atoms with Gasteiger partial charge < -0.3 is 0 Å². The largest absolute Gasteiger partial charge is 0.0801 e. The highest BCUT2D eigenvalue weighted by Crippen LogP contribution is 2.26. The van der Waals surface area contributed by atoms with Crippen LogP contribution in [0.2, 0.25) is 0 Å². The second kappa shape index (κ2) is 3.28. The molecule has 0 fully saturated rings. The molecule has 0 amide bonds. The van der Waals surface area contributed by atoms with Crippen molar-refractivity contribution < 1.29 is 0 Å². The van der Waals surface area contributed by atoms with Crippen LogP contribution in [-0.4, -0.2) is 0 Å². The molecule has 0 bridgehead atoms. The third-order valence-electron chi connectivity index (χ3n) is 1.99. The molecule has 12 heavy (non-hydrogen) atoms. The lowest BCUT2D eigenvalue weighted by atomic mass is 10.1. The second-order valence-electron chi connectivity index (χ2n) is 2.80. The molecule has 0 saturated carbocycles. The minimum Gasteiger partial charge on any atom is -0.0801 e. The van der Waals surface area contributed by atoms with Gasteiger partial charge in [0.2, 0.25) is 0 Å². The molecule has 0 spiro atoms. The van der Waals surface area contributed by atoms with E-state index in [1.54, 1.807) is 0 Å². The van der Waals surface area contributed by atoms with Crippen LogP contribution in [0.5, 0.6) is 0 Å². The standard InChI is InChI=1S/C11H9Br/c12-11-8-4-2-6-9-5-1-3-7-10(9)11/h1-5,7-8H,6H2. The summed E-state index contributed by atoms with van der Waals surface area (Å²) < 4.78 is 1.17. The van der Waals surface area contributed by atoms with Gasteiger partial charge in [0.25, 0.3) is 0 Å². The minimum atomic E-state index is 1.03. The Balaban J connectivity index is 2.58. The van der Waals surface area contributed by atoms with Crippen molar-refractivity contribution in [2.75, 3.05) is 0 Å². The van der Waals surface area contributed by atoms with E-state index < -0.39 is 0 Å². The van der Waals surface area contributed by atoms with Gasteiger partial charge in [-0.05, 0) is 23.6 Å². The molecule has 1 aliphatic carbocycles. The number of hydrogen-bond donors (Lipinski definition) is 0. The van der Waals surface area contributed by atoms with Gasteiger partial charge in [-0.15, -0.1) is 0 Å². The van der Waals surface area contributed by atoms with E-state index in [1.807, 2.05) is 0 Å². The van der Waals surface area contributed by atoms with Crippen molar-refractivity contribution in [2.45, 2.75) is 6.42 Å². The lowest BCUT2D eigenvalue weighted by Gasteiger charge is -2.03. The van der Waals surface area contributed by atoms with E-state index in [9.17, 15) is 0 Å². The fourth-order valence-corrected chi connectivity index (χ4v) is 1.91. The Hall–Kier alpha value is -0.820. The van der Waals surface area contributed by atoms with Gasteiger partial charge in [0.1, 0.15) is 0 Å². The zero-order valence-electron chi connectivity index (χ0n) is 6.63. The summed E-state index contributed by atoms with van der Waals surface area (Å²) in [5.74, 6) is 0. The van der Waals surface area contributed by atoms with Crippen LogP contribution in [0.3, 0.4) is 0 Å². The van der Waals surface area contributed by atoms with Gasteiger partial charge in [-0.3, -0.25) is 0 Å². The summed E-state index contributed by atoms with van der Waals surface area (Å²) in [6.07, 6.45) is 7.38. The van der Waals surface area contributed by atoms with Crippen molar-refractivity contribution in [3.63, 3.8) is 0 Å². The SMILES string of the molecule is BrC1=CC=CCc2ccccc21. The Labute approximate surface area is 80.7 Å². The summed E-state index contributed by atoms with van der Waals surface area (Å²) in [4.78, 5) is 0. The molecule has 1 heteroatoms. The van der Waals surface area contributed by atoms with Gasteiger partial charge in [-0.1, -0.05) is 52.3 Å². The molecular weight excluding hydrogens is 212 g/mol. The zero-order chi connectivity index (χ0) is 8.39. The van der Waals surface area contributed by atoms with Crippen molar-refractivity contribution in [1.29, 1.82) is 0 Å². The van der Waals surface area contributed by atoms with Crippen molar-refractivity contribution in [1.82, 2.24) is 0 Å². The third kappa shape index (κ3) is 1.37. The molecule has 1 aromatic carbocycles. The molecule has 0 N–H and O–H groups in total. The van der Waals surface area contributed by atoms with Crippen molar-refractivity contribution in [2.24, 2.45) is 0 Å². The summed E-state index contributed by atoms with van der Waals surface area (Å²) in [6, 6.07) is 8.46. The second-order valence-corrected chi connectivity index (χ2v) is 3.66. The maximum atomic E-state index is 3.55. The monoisotopic (exact) mass is 220 g/mol. The third-order valence-corrected chi connectivity index (χ3v) is 2.68. The number of rotatable bonds is 0. The molecule has 0 radical (unpaired) electrons. The molecule has 60 valence electrons. The van der Waals surface area contributed by atoms with Crippen LogP contribution in [0.1, 0.15) is 11.1 Å². The highest BCUT2D eigenvalue weighted by atomic mass is 79.9. The van der Waals surface area contributed by atoms with Crippen molar-refractivity contribution >= 4 is 20.4 Å². The zero-order valence-corrected chi connectivity index (χ0v) is 8.21. The van der Waals surface area contributed by atoms with E-state index in [2.05, 4.69) is 58.4 Å². The topological polar surface area (TPSA) is 0 Å². The molecule has 1 aliphatic rings. The van der Waals surface area contributed by atoms with Crippen LogP contribution in [0.25, 0.3) is 4.48 Å². The van der Waals surface area contributed by atoms with Crippen molar-refractivity contribution in [3.8, 4) is 0 Å². The maximum Gasteiger partial charge on any atom is 0.0250 e. The summed E-state index contributed by atoms with van der Waals surface area (Å²) in [6.45, 7) is 0. The number of halogens is 1. The van der Waals surface area contributed by atoms with E-state index in [0.29, 0.717) is 0 Å². The van der Waals surface area contributed by atoms with E-state index in [0.717, 1.165) is 6.42 Å². The molecule has 2 rings (SSSR count). The Morgan fingerprint density at radius 3 is 2.92 bits per heavy atom. The van der Waals surface area contributed by atoms with Gasteiger partial charge in [-0.25, -0.2) is 0 Å². The molecule has 0 nitrogen and oxygen atoms in total. The molecule has 0 aliphatic heterocycles. The first-order chi connectivity index (χ1) is 5.88. The molecule has 0 aromatic heterocycles. The van der Waals surface area contributed by atoms with Crippen LogP contribution in [-0.2, 0) is 6.42 Å². The highest BCUT2D eigenvalue weighted by Gasteiger charge is 2.04. The average molecular weight is 221 g/mol. The lowest BCUT2D eigenvalue weighted by Crippen LogP contribution is -1.85. The Bertz CT molecular complexity index is 348. The van der Waals surface area contributed by atoms with Crippen molar-refractivity contribution in [3.05, 3.63) is 53.6 Å². The van der Waals surface area contributed by atoms with Gasteiger partial charge in [0.15, 0.2) is 0 Å². The maximum absolute atomic E-state index is 3.55. The van der Waals surface area contributed by atoms with Crippen LogP contribution in [0.4, 0.5) is 0 Å². The summed E-state index contributed by atoms with van der Waals surface area (Å²) in [5.41, 5.74) is 2.69. The van der Waals surface area contributed by atoms with Gasteiger partial charge >= 0.3 is 0 Å². The predicted molar refractivity (Wildman–Crippen MR) is 56.2 cm³/mol. The number of allylic oxidation sites excluding steroid dienone is 3. The molecule has 1 aromatic rings. The van der Waals surface area contributed by atoms with E-state index in [4.69, 9.17) is 0 Å². The van der Waals surface area contributed by atoms with Crippen LogP contribution in [0, 0.1) is 0 Å². The fourth-order valence-electron chi connectivity index (χ4n) is 1.37. The quantitative estimate of drug-likeness (QED) is 0.628. The molecule has 0 saturated heterocycles. The molecule has 0 heterocycles. The number of benzene rings is 1. The summed E-state index contributed by atoms with van der Waals surface area (Å²) in [5, 5.41) is 0. The predicted octanol–water partition coefficient (Wildman–Crippen LogP) is 3.53. The van der Waals surface area contributed by atoms with Gasteiger partial charge in [-0.2, -0.15) is 0 Å². The van der Waals surface area contributed by atoms with Gasteiger partial charge in [0.05, 0.1) is 0 Å². The summed E-state index contributed by atoms with van der Waals surface area (Å²) >= 11 is 3.55. The lowest BCUT2D eigenvalue weighted by molar-refractivity contribution is 1.26. The summed E-state index contributed by atoms with van der Waals surface area (Å²) in [7, 11) is 0. The first-order valence-electron chi connectivity index (χ1n) is 3.98. The minimum absolute atomic E-state index is 1.03. The van der Waals surface area contributed by atoms with E-state index in [1.165, 1.54) is 15.6 Å². The van der Waals surface area contributed by atoms with E-state index in [-0.39, 0.29) is 0 Å². The fraction of sp³-hybridized carbons (Fsp3) is 0.0909. The normalized spacial score (nSPS) is 14.9. The average Bonchev–Trinajstić information content (AvgIpc) is 2.29. The van der Waals surface area contributed by atoms with E-state index >= 15 is 0 Å². The van der Waals surface area contributed by atoms with Crippen LogP contribution < -0.4 is 0 Å². The Morgan fingerprint density at radius 1 is 1.17 bits per heavy atom. The Morgan fingerprint density at radius 2 is 2.00 bits per heavy atom. The molecule has 0 atom stereocenters. The van der Waals surface area contributed by atoms with Gasteiger partial charge in [0, 0.05) is 4.48 Å². The molecular formula is C11H9Br. The van der Waals surface area contributed by atoms with Crippen LogP contribution >= 0.6 is 15.9 Å². The van der Waals surface area contributed by atoms with Crippen LogP contribution in [0.15, 0.2) is 42.5 Å². The smallest absolute Gasteiger partial charge is 0.0250 e.